The first-order valence-corrected chi connectivity index (χ1v) is 6.37. The van der Waals surface area contributed by atoms with Gasteiger partial charge in [0.1, 0.15) is 0 Å². The van der Waals surface area contributed by atoms with E-state index in [2.05, 4.69) is 76.1 Å². The highest BCUT2D eigenvalue weighted by Crippen LogP contribution is 2.26. The van der Waals surface area contributed by atoms with Gasteiger partial charge in [-0.25, -0.2) is 0 Å². The molecule has 0 atom stereocenters. The molecular weight excluding hydrogens is 274 g/mol. The molecule has 0 bridgehead atoms. The van der Waals surface area contributed by atoms with Crippen molar-refractivity contribution in [3.05, 3.63) is 64.8 Å². The van der Waals surface area contributed by atoms with Crippen LogP contribution in [0.15, 0.2) is 59.2 Å². The van der Waals surface area contributed by atoms with Crippen molar-refractivity contribution in [1.82, 2.24) is 4.57 Å². The minimum Gasteiger partial charge on any atom is -0.315 e. The van der Waals surface area contributed by atoms with Crippen LogP contribution >= 0.6 is 15.9 Å². The molecule has 1 aromatic heterocycles. The third-order valence-corrected chi connectivity index (χ3v) is 3.63. The fourth-order valence-corrected chi connectivity index (χ4v) is 2.59. The van der Waals surface area contributed by atoms with Gasteiger partial charge in [0.25, 0.3) is 0 Å². The van der Waals surface area contributed by atoms with E-state index in [4.69, 9.17) is 0 Å². The van der Waals surface area contributed by atoms with E-state index in [0.29, 0.717) is 0 Å². The van der Waals surface area contributed by atoms with E-state index in [1.807, 2.05) is 6.07 Å². The second kappa shape index (κ2) is 4.04. The molecule has 0 aliphatic rings. The summed E-state index contributed by atoms with van der Waals surface area (Å²) in [7, 11) is 0. The minimum absolute atomic E-state index is 1.11. The quantitative estimate of drug-likeness (QED) is 0.611. The summed E-state index contributed by atoms with van der Waals surface area (Å²) >= 11 is 3.60. The average molecular weight is 286 g/mol. The Labute approximate surface area is 109 Å². The highest BCUT2D eigenvalue weighted by atomic mass is 79.9. The molecule has 3 aromatic rings. The molecular formula is C15H12BrN. The lowest BCUT2D eigenvalue weighted by molar-refractivity contribution is 1.12. The number of nitrogens with zero attached hydrogens (tertiary/aromatic N) is 1. The fraction of sp³-hybridized carbons (Fsp3) is 0.0667. The molecule has 0 fully saturated rings. The van der Waals surface area contributed by atoms with Crippen LogP contribution in [-0.4, -0.2) is 4.57 Å². The monoisotopic (exact) mass is 285 g/mol. The first kappa shape index (κ1) is 10.6. The Kier molecular flexibility index (Phi) is 2.52. The van der Waals surface area contributed by atoms with Crippen LogP contribution in [0.2, 0.25) is 0 Å². The van der Waals surface area contributed by atoms with Crippen molar-refractivity contribution in [2.45, 2.75) is 6.92 Å². The Hall–Kier alpha value is -1.54. The molecule has 1 heterocycles. The topological polar surface area (TPSA) is 4.93 Å². The predicted octanol–water partition coefficient (Wildman–Crippen LogP) is 4.70. The first-order valence-electron chi connectivity index (χ1n) is 5.58. The van der Waals surface area contributed by atoms with Gasteiger partial charge in [-0.05, 0) is 53.2 Å². The fourth-order valence-electron chi connectivity index (χ4n) is 2.12. The highest BCUT2D eigenvalue weighted by molar-refractivity contribution is 9.10. The van der Waals surface area contributed by atoms with Crippen LogP contribution in [-0.2, 0) is 0 Å². The number of fused-ring (bicyclic) bond motifs is 1. The lowest BCUT2D eigenvalue weighted by Crippen LogP contribution is -1.92. The van der Waals surface area contributed by atoms with E-state index in [0.717, 1.165) is 4.47 Å². The second-order valence-electron chi connectivity index (χ2n) is 4.20. The summed E-state index contributed by atoms with van der Waals surface area (Å²) < 4.78 is 3.32. The SMILES string of the molecule is Cc1ccc2c(ccn2-c2ccccc2Br)c1. The van der Waals surface area contributed by atoms with Crippen molar-refractivity contribution in [2.24, 2.45) is 0 Å². The smallest absolute Gasteiger partial charge is 0.0597 e. The van der Waals surface area contributed by atoms with Gasteiger partial charge in [0.2, 0.25) is 0 Å². The molecule has 0 unspecified atom stereocenters. The van der Waals surface area contributed by atoms with Gasteiger partial charge in [-0.15, -0.1) is 0 Å². The maximum absolute atomic E-state index is 3.60. The lowest BCUT2D eigenvalue weighted by Gasteiger charge is -2.07. The molecule has 0 radical (unpaired) electrons. The van der Waals surface area contributed by atoms with E-state index in [1.54, 1.807) is 0 Å². The molecule has 0 N–H and O–H groups in total. The van der Waals surface area contributed by atoms with Crippen LogP contribution in [0.5, 0.6) is 0 Å². The van der Waals surface area contributed by atoms with Crippen LogP contribution in [0.1, 0.15) is 5.56 Å². The van der Waals surface area contributed by atoms with Crippen molar-refractivity contribution >= 4 is 26.8 Å². The number of para-hydroxylation sites is 1. The Balaban J connectivity index is 2.29. The van der Waals surface area contributed by atoms with Gasteiger partial charge in [-0.3, -0.25) is 0 Å². The molecule has 0 saturated heterocycles. The third-order valence-electron chi connectivity index (χ3n) is 2.96. The van der Waals surface area contributed by atoms with E-state index < -0.39 is 0 Å². The molecule has 1 nitrogen and oxygen atoms in total. The average Bonchev–Trinajstić information content (AvgIpc) is 2.72. The van der Waals surface area contributed by atoms with E-state index in [9.17, 15) is 0 Å². The Morgan fingerprint density at radius 2 is 1.82 bits per heavy atom. The van der Waals surface area contributed by atoms with Gasteiger partial charge in [0.15, 0.2) is 0 Å². The minimum atomic E-state index is 1.11. The van der Waals surface area contributed by atoms with E-state index >= 15 is 0 Å². The third kappa shape index (κ3) is 1.79. The predicted molar refractivity (Wildman–Crippen MR) is 75.7 cm³/mol. The zero-order valence-electron chi connectivity index (χ0n) is 9.52. The number of benzene rings is 2. The molecule has 84 valence electrons. The lowest BCUT2D eigenvalue weighted by atomic mass is 10.2. The van der Waals surface area contributed by atoms with Gasteiger partial charge in [0, 0.05) is 16.1 Å². The van der Waals surface area contributed by atoms with Crippen molar-refractivity contribution in [1.29, 1.82) is 0 Å². The molecule has 0 aliphatic carbocycles. The number of hydrogen-bond donors (Lipinski definition) is 0. The van der Waals surface area contributed by atoms with Crippen molar-refractivity contribution < 1.29 is 0 Å². The van der Waals surface area contributed by atoms with Crippen molar-refractivity contribution in [3.63, 3.8) is 0 Å². The van der Waals surface area contributed by atoms with Crippen LogP contribution in [0.25, 0.3) is 16.6 Å². The van der Waals surface area contributed by atoms with Crippen LogP contribution in [0.3, 0.4) is 0 Å². The standard InChI is InChI=1S/C15H12BrN/c1-11-6-7-14-12(10-11)8-9-17(14)15-5-3-2-4-13(15)16/h2-10H,1H3. The highest BCUT2D eigenvalue weighted by Gasteiger charge is 2.05. The molecule has 3 rings (SSSR count). The number of aromatic nitrogens is 1. The van der Waals surface area contributed by atoms with Gasteiger partial charge < -0.3 is 4.57 Å². The summed E-state index contributed by atoms with van der Waals surface area (Å²) in [4.78, 5) is 0. The summed E-state index contributed by atoms with van der Waals surface area (Å²) in [6, 6.07) is 17.0. The Morgan fingerprint density at radius 1 is 1.00 bits per heavy atom. The molecule has 17 heavy (non-hydrogen) atoms. The molecule has 0 spiro atoms. The van der Waals surface area contributed by atoms with Crippen molar-refractivity contribution in [2.75, 3.05) is 0 Å². The first-order chi connectivity index (χ1) is 8.25. The van der Waals surface area contributed by atoms with Crippen molar-refractivity contribution in [3.8, 4) is 5.69 Å². The summed E-state index contributed by atoms with van der Waals surface area (Å²) in [5, 5.41) is 1.28. The van der Waals surface area contributed by atoms with E-state index in [1.165, 1.54) is 22.2 Å². The van der Waals surface area contributed by atoms with E-state index in [-0.39, 0.29) is 0 Å². The zero-order chi connectivity index (χ0) is 11.8. The molecule has 0 amide bonds. The van der Waals surface area contributed by atoms with Gasteiger partial charge in [-0.2, -0.15) is 0 Å². The Morgan fingerprint density at radius 3 is 2.65 bits per heavy atom. The molecule has 0 aliphatic heterocycles. The maximum Gasteiger partial charge on any atom is 0.0597 e. The zero-order valence-corrected chi connectivity index (χ0v) is 11.1. The van der Waals surface area contributed by atoms with Gasteiger partial charge in [-0.1, -0.05) is 23.8 Å². The largest absolute Gasteiger partial charge is 0.315 e. The maximum atomic E-state index is 3.60. The van der Waals surface area contributed by atoms with Crippen LogP contribution in [0.4, 0.5) is 0 Å². The van der Waals surface area contributed by atoms with Gasteiger partial charge in [0.05, 0.1) is 11.2 Å². The summed E-state index contributed by atoms with van der Waals surface area (Å²) in [5.74, 6) is 0. The molecule has 2 aromatic carbocycles. The number of halogens is 1. The normalized spacial score (nSPS) is 10.9. The number of aryl methyl sites for hydroxylation is 1. The molecule has 2 heteroatoms. The van der Waals surface area contributed by atoms with Crippen LogP contribution < -0.4 is 0 Å². The number of hydrogen-bond acceptors (Lipinski definition) is 0. The number of rotatable bonds is 1. The second-order valence-corrected chi connectivity index (χ2v) is 5.05. The summed E-state index contributed by atoms with van der Waals surface area (Å²) in [6.07, 6.45) is 2.12. The summed E-state index contributed by atoms with van der Waals surface area (Å²) in [6.45, 7) is 2.12. The Bertz CT molecular complexity index is 682. The van der Waals surface area contributed by atoms with Gasteiger partial charge >= 0.3 is 0 Å². The van der Waals surface area contributed by atoms with Crippen LogP contribution in [0, 0.1) is 6.92 Å². The summed E-state index contributed by atoms with van der Waals surface area (Å²) in [5.41, 5.74) is 3.70. The molecule has 0 saturated carbocycles.